The largest absolute Gasteiger partial charge is 0.327 e. The molecule has 0 aliphatic carbocycles. The van der Waals surface area contributed by atoms with E-state index in [2.05, 4.69) is 86.5 Å². The van der Waals surface area contributed by atoms with Gasteiger partial charge < -0.3 is 9.13 Å². The van der Waals surface area contributed by atoms with Gasteiger partial charge in [-0.15, -0.1) is 0 Å². The van der Waals surface area contributed by atoms with E-state index in [1.807, 2.05) is 92.1 Å². The number of pyridine rings is 1. The lowest BCUT2D eigenvalue weighted by molar-refractivity contribution is 0.402. The Morgan fingerprint density at radius 1 is 0.520 bits per heavy atom. The molecule has 0 saturated heterocycles. The Hall–Kier alpha value is -6.53. The first-order valence-corrected chi connectivity index (χ1v) is 16.8. The first kappa shape index (κ1) is 28.5. The van der Waals surface area contributed by atoms with E-state index in [4.69, 9.17) is 9.97 Å². The molecule has 1 atom stereocenters. The Morgan fingerprint density at radius 3 is 2.02 bits per heavy atom. The number of hydrogen-bond donors (Lipinski definition) is 0. The van der Waals surface area contributed by atoms with Crippen LogP contribution in [0.4, 0.5) is 4.39 Å². The quantitative estimate of drug-likeness (QED) is 0.187. The summed E-state index contributed by atoms with van der Waals surface area (Å²) in [6.45, 7) is 0. The van der Waals surface area contributed by atoms with Crippen molar-refractivity contribution in [1.29, 1.82) is 0 Å². The van der Waals surface area contributed by atoms with E-state index >= 15 is 4.39 Å². The van der Waals surface area contributed by atoms with Crippen LogP contribution in [-0.4, -0.2) is 23.7 Å². The lowest BCUT2D eigenvalue weighted by atomic mass is 10.00. The van der Waals surface area contributed by atoms with Crippen LogP contribution in [0.1, 0.15) is 17.3 Å². The van der Waals surface area contributed by atoms with Crippen molar-refractivity contribution >= 4 is 54.8 Å². The van der Waals surface area contributed by atoms with Crippen molar-refractivity contribution in [2.24, 2.45) is 7.05 Å². The number of rotatable bonds is 5. The number of imidazole rings is 1. The molecule has 0 aliphatic rings. The molecule has 1 unspecified atom stereocenters. The fourth-order valence-corrected chi connectivity index (χ4v) is 7.67. The third kappa shape index (κ3) is 4.25. The smallest absolute Gasteiger partial charge is 0.150 e. The van der Waals surface area contributed by atoms with Gasteiger partial charge in [-0.25, -0.2) is 14.4 Å². The number of hydrogen-bond acceptors (Lipinski definition) is 2. The van der Waals surface area contributed by atoms with Crippen LogP contribution in [0.2, 0.25) is 0 Å². The van der Waals surface area contributed by atoms with Gasteiger partial charge >= 0.3 is 0 Å². The van der Waals surface area contributed by atoms with Gasteiger partial charge in [-0.1, -0.05) is 78.9 Å². The molecule has 6 aromatic carbocycles. The molecule has 0 saturated carbocycles. The van der Waals surface area contributed by atoms with Crippen molar-refractivity contribution in [2.75, 3.05) is 0 Å². The Bertz CT molecular complexity index is 2910. The van der Waals surface area contributed by atoms with Crippen molar-refractivity contribution in [3.05, 3.63) is 169 Å². The van der Waals surface area contributed by atoms with Crippen LogP contribution in [-0.2, 0) is 7.05 Å². The highest BCUT2D eigenvalue weighted by Crippen LogP contribution is 2.40. The summed E-state index contributed by atoms with van der Waals surface area (Å²) < 4.78 is 23.2. The molecule has 50 heavy (non-hydrogen) atoms. The zero-order chi connectivity index (χ0) is 33.3. The summed E-state index contributed by atoms with van der Waals surface area (Å²) >= 11 is 0. The molecule has 0 spiro atoms. The van der Waals surface area contributed by atoms with Gasteiger partial charge in [0.15, 0.2) is 6.17 Å². The van der Waals surface area contributed by atoms with Gasteiger partial charge in [-0.05, 0) is 83.9 Å². The second kappa shape index (κ2) is 11.0. The highest BCUT2D eigenvalue weighted by Gasteiger charge is 2.21. The maximum absolute atomic E-state index is 16.6. The van der Waals surface area contributed by atoms with Crippen LogP contribution in [0.15, 0.2) is 158 Å². The molecule has 4 heterocycles. The lowest BCUT2D eigenvalue weighted by Crippen LogP contribution is -2.00. The predicted octanol–water partition coefficient (Wildman–Crippen LogP) is 10.9. The molecule has 0 N–H and O–H groups in total. The van der Waals surface area contributed by atoms with Gasteiger partial charge in [0.05, 0.1) is 27.6 Å². The minimum Gasteiger partial charge on any atom is -0.327 e. The summed E-state index contributed by atoms with van der Waals surface area (Å²) in [4.78, 5) is 9.72. The number of alkyl halides is 1. The predicted molar refractivity (Wildman–Crippen MR) is 202 cm³/mol. The molecule has 5 nitrogen and oxygen atoms in total. The second-order valence-electron chi connectivity index (χ2n) is 12.9. The van der Waals surface area contributed by atoms with Crippen LogP contribution in [0.25, 0.3) is 77.5 Å². The third-order valence-electron chi connectivity index (χ3n) is 9.98. The van der Waals surface area contributed by atoms with Crippen molar-refractivity contribution < 1.29 is 4.39 Å². The SMILES string of the molecule is Cn1c(-c2cccc(C(F)c3cccc(-n4c5cc6c7ccccc7n(-c7ccccc7)c6cc5c5cccnc54)c3)c2)nc2ccccc21. The van der Waals surface area contributed by atoms with Gasteiger partial charge in [0, 0.05) is 51.7 Å². The Balaban J connectivity index is 1.13. The average Bonchev–Trinajstić information content (AvgIpc) is 3.81. The molecule has 0 aliphatic heterocycles. The fourth-order valence-electron chi connectivity index (χ4n) is 7.67. The van der Waals surface area contributed by atoms with Gasteiger partial charge in [0.25, 0.3) is 0 Å². The van der Waals surface area contributed by atoms with Crippen LogP contribution >= 0.6 is 0 Å². The van der Waals surface area contributed by atoms with E-state index in [9.17, 15) is 0 Å². The van der Waals surface area contributed by atoms with E-state index in [0.29, 0.717) is 11.1 Å². The Kier molecular flexibility index (Phi) is 6.27. The van der Waals surface area contributed by atoms with Crippen molar-refractivity contribution in [3.8, 4) is 22.8 Å². The van der Waals surface area contributed by atoms with Crippen molar-refractivity contribution in [2.45, 2.75) is 6.17 Å². The highest BCUT2D eigenvalue weighted by molar-refractivity contribution is 6.18. The number of halogens is 1. The van der Waals surface area contributed by atoms with E-state index in [0.717, 1.165) is 72.2 Å². The standard InChI is InChI=1S/C44H30FN5/c1-48-39-22-8-6-20-37(39)47-43(48)30-14-9-12-28(24-30)42(45)29-13-10-17-32(25-29)50-41-26-35-33-18-5-7-21-38(33)49(31-15-3-2-4-16-31)40(35)27-36(41)34-19-11-23-46-44(34)50/h2-27,42H,1H3. The van der Waals surface area contributed by atoms with E-state index in [1.54, 1.807) is 0 Å². The summed E-state index contributed by atoms with van der Waals surface area (Å²) in [5.41, 5.74) is 10.1. The summed E-state index contributed by atoms with van der Waals surface area (Å²) in [6, 6.07) is 51.2. The van der Waals surface area contributed by atoms with Crippen LogP contribution < -0.4 is 0 Å². The summed E-state index contributed by atoms with van der Waals surface area (Å²) in [5, 5.41) is 4.47. The average molecular weight is 648 g/mol. The number of para-hydroxylation sites is 4. The molecule has 0 fully saturated rings. The maximum Gasteiger partial charge on any atom is 0.150 e. The third-order valence-corrected chi connectivity index (χ3v) is 9.98. The molecule has 4 aromatic heterocycles. The van der Waals surface area contributed by atoms with Gasteiger partial charge in [-0.2, -0.15) is 0 Å². The second-order valence-corrected chi connectivity index (χ2v) is 12.9. The van der Waals surface area contributed by atoms with Crippen LogP contribution in [0, 0.1) is 0 Å². The van der Waals surface area contributed by atoms with E-state index < -0.39 is 6.17 Å². The summed E-state index contributed by atoms with van der Waals surface area (Å²) in [5.74, 6) is 0.810. The van der Waals surface area contributed by atoms with E-state index in [1.165, 1.54) is 5.39 Å². The monoisotopic (exact) mass is 647 g/mol. The first-order chi connectivity index (χ1) is 24.6. The number of benzene rings is 6. The van der Waals surface area contributed by atoms with Crippen molar-refractivity contribution in [1.82, 2.24) is 23.7 Å². The first-order valence-electron chi connectivity index (χ1n) is 16.8. The van der Waals surface area contributed by atoms with Crippen molar-refractivity contribution in [3.63, 3.8) is 0 Å². The van der Waals surface area contributed by atoms with Crippen LogP contribution in [0.3, 0.4) is 0 Å². The van der Waals surface area contributed by atoms with Gasteiger partial charge in [0.2, 0.25) is 0 Å². The number of fused-ring (bicyclic) bond motifs is 7. The molecule has 0 radical (unpaired) electrons. The molecule has 6 heteroatoms. The van der Waals surface area contributed by atoms with Gasteiger partial charge in [0.1, 0.15) is 11.5 Å². The Labute approximate surface area is 287 Å². The normalized spacial score (nSPS) is 12.5. The minimum atomic E-state index is -1.33. The zero-order valence-electron chi connectivity index (χ0n) is 27.2. The molecular formula is C44H30FN5. The van der Waals surface area contributed by atoms with Crippen LogP contribution in [0.5, 0.6) is 0 Å². The zero-order valence-corrected chi connectivity index (χ0v) is 27.2. The number of aromatic nitrogens is 5. The fraction of sp³-hybridized carbons (Fsp3) is 0.0455. The van der Waals surface area contributed by atoms with Gasteiger partial charge in [-0.3, -0.25) is 4.57 Å². The molecular weight excluding hydrogens is 618 g/mol. The molecule has 10 rings (SSSR count). The number of nitrogens with zero attached hydrogens (tertiary/aromatic N) is 5. The Morgan fingerprint density at radius 2 is 1.18 bits per heavy atom. The topological polar surface area (TPSA) is 40.6 Å². The summed E-state index contributed by atoms with van der Waals surface area (Å²) in [6.07, 6.45) is 0.492. The number of aryl methyl sites for hydroxylation is 1. The van der Waals surface area contributed by atoms with E-state index in [-0.39, 0.29) is 0 Å². The summed E-state index contributed by atoms with van der Waals surface area (Å²) in [7, 11) is 2.00. The molecule has 238 valence electrons. The minimum absolute atomic E-state index is 0.581. The highest BCUT2D eigenvalue weighted by atomic mass is 19.1. The molecule has 10 aromatic rings. The molecule has 0 amide bonds. The maximum atomic E-state index is 16.6. The lowest BCUT2D eigenvalue weighted by Gasteiger charge is -2.14. The molecule has 0 bridgehead atoms.